The molecule has 0 spiro atoms. The molecule has 2 rings (SSSR count). The monoisotopic (exact) mass is 289 g/mol. The second-order valence-electron chi connectivity index (χ2n) is 5.64. The number of aliphatic hydroxyl groups is 1. The fourth-order valence-corrected chi connectivity index (χ4v) is 2.20. The van der Waals surface area contributed by atoms with Crippen LogP contribution in [-0.4, -0.2) is 35.1 Å². The minimum Gasteiger partial charge on any atom is -0.384 e. The van der Waals surface area contributed by atoms with Gasteiger partial charge in [-0.15, -0.1) is 0 Å². The molecule has 1 amide bonds. The highest BCUT2D eigenvalue weighted by atomic mass is 19.1. The van der Waals surface area contributed by atoms with Crippen molar-refractivity contribution >= 4 is 5.91 Å². The maximum atomic E-state index is 13.5. The highest BCUT2D eigenvalue weighted by Gasteiger charge is 2.29. The summed E-state index contributed by atoms with van der Waals surface area (Å²) >= 11 is 0. The minimum atomic E-state index is -0.456. The number of halogens is 1. The molecule has 1 N–H and O–H groups in total. The Morgan fingerprint density at radius 3 is 2.76 bits per heavy atom. The molecule has 1 aromatic rings. The van der Waals surface area contributed by atoms with E-state index in [1.165, 1.54) is 18.2 Å². The molecule has 1 fully saturated rings. The largest absolute Gasteiger partial charge is 0.384 e. The quantitative estimate of drug-likeness (QED) is 0.865. The van der Waals surface area contributed by atoms with Crippen LogP contribution in [0.1, 0.15) is 42.6 Å². The van der Waals surface area contributed by atoms with Crippen molar-refractivity contribution in [3.63, 3.8) is 0 Å². The predicted molar refractivity (Wildman–Crippen MR) is 79.3 cm³/mol. The normalized spacial score (nSPS) is 13.8. The van der Waals surface area contributed by atoms with E-state index in [-0.39, 0.29) is 24.1 Å². The molecule has 0 bridgehead atoms. The van der Waals surface area contributed by atoms with E-state index in [4.69, 9.17) is 5.11 Å². The van der Waals surface area contributed by atoms with Gasteiger partial charge in [0.05, 0.1) is 5.56 Å². The van der Waals surface area contributed by atoms with E-state index >= 15 is 0 Å². The summed E-state index contributed by atoms with van der Waals surface area (Å²) in [6.45, 7) is 4.33. The van der Waals surface area contributed by atoms with Gasteiger partial charge >= 0.3 is 0 Å². The van der Waals surface area contributed by atoms with E-state index < -0.39 is 5.82 Å². The number of hydrogen-bond donors (Lipinski definition) is 1. The molecule has 0 radical (unpaired) electrons. The fourth-order valence-electron chi connectivity index (χ4n) is 2.20. The fraction of sp³-hybridized carbons (Fsp3) is 0.471. The molecule has 0 heterocycles. The third-order valence-corrected chi connectivity index (χ3v) is 3.55. The first-order chi connectivity index (χ1) is 10.0. The predicted octanol–water partition coefficient (Wildman–Crippen LogP) is 2.43. The van der Waals surface area contributed by atoms with Crippen LogP contribution in [0.25, 0.3) is 0 Å². The maximum absolute atomic E-state index is 13.5. The summed E-state index contributed by atoms with van der Waals surface area (Å²) in [5, 5.41) is 8.79. The number of rotatable bonds is 4. The molecule has 1 aromatic carbocycles. The Bertz CT molecular complexity index is 582. The van der Waals surface area contributed by atoms with E-state index in [2.05, 4.69) is 11.8 Å². The molecule has 0 aliphatic heterocycles. The topological polar surface area (TPSA) is 40.5 Å². The lowest BCUT2D eigenvalue weighted by Crippen LogP contribution is -2.38. The van der Waals surface area contributed by atoms with Crippen LogP contribution in [0.2, 0.25) is 0 Å². The first kappa shape index (κ1) is 15.5. The highest BCUT2D eigenvalue weighted by Crippen LogP contribution is 2.31. The zero-order chi connectivity index (χ0) is 15.4. The third-order valence-electron chi connectivity index (χ3n) is 3.55. The van der Waals surface area contributed by atoms with Crippen molar-refractivity contribution in [1.29, 1.82) is 0 Å². The smallest absolute Gasteiger partial charge is 0.255 e. The molecule has 0 aromatic heterocycles. The van der Waals surface area contributed by atoms with E-state index in [9.17, 15) is 9.18 Å². The molecule has 0 saturated heterocycles. The molecule has 4 heteroatoms. The standard InChI is InChI=1S/C17H20FNO2/c1-12(2)19(11-13-5-6-13)17(21)16-10-15(18)8-7-14(16)4-3-9-20/h7-8,10,12-13,20H,5-6,9,11H2,1-2H3. The molecular weight excluding hydrogens is 269 g/mol. The van der Waals surface area contributed by atoms with Gasteiger partial charge in [-0.25, -0.2) is 4.39 Å². The SMILES string of the molecule is CC(C)N(CC1CC1)C(=O)c1cc(F)ccc1C#CCO. The van der Waals surface area contributed by atoms with Crippen molar-refractivity contribution < 1.29 is 14.3 Å². The third kappa shape index (κ3) is 4.05. The van der Waals surface area contributed by atoms with E-state index in [0.29, 0.717) is 18.0 Å². The molecule has 1 saturated carbocycles. The van der Waals surface area contributed by atoms with Crippen molar-refractivity contribution in [2.45, 2.75) is 32.7 Å². The first-order valence-corrected chi connectivity index (χ1v) is 7.23. The lowest BCUT2D eigenvalue weighted by molar-refractivity contribution is 0.0695. The molecular formula is C17H20FNO2. The van der Waals surface area contributed by atoms with Crippen molar-refractivity contribution in [2.75, 3.05) is 13.2 Å². The van der Waals surface area contributed by atoms with Gasteiger partial charge in [0.1, 0.15) is 12.4 Å². The summed E-state index contributed by atoms with van der Waals surface area (Å²) in [5.74, 6) is 5.15. The van der Waals surface area contributed by atoms with E-state index in [1.54, 1.807) is 4.90 Å². The van der Waals surface area contributed by atoms with Crippen molar-refractivity contribution in [1.82, 2.24) is 4.90 Å². The summed E-state index contributed by atoms with van der Waals surface area (Å²) in [5.41, 5.74) is 0.724. The maximum Gasteiger partial charge on any atom is 0.255 e. The molecule has 3 nitrogen and oxygen atoms in total. The molecule has 1 aliphatic carbocycles. The van der Waals surface area contributed by atoms with Crippen LogP contribution in [0.3, 0.4) is 0 Å². The van der Waals surface area contributed by atoms with Crippen molar-refractivity contribution in [2.24, 2.45) is 5.92 Å². The first-order valence-electron chi connectivity index (χ1n) is 7.23. The number of nitrogens with zero attached hydrogens (tertiary/aromatic N) is 1. The number of hydrogen-bond acceptors (Lipinski definition) is 2. The second kappa shape index (κ2) is 6.73. The average Bonchev–Trinajstić information content (AvgIpc) is 3.26. The number of aliphatic hydroxyl groups excluding tert-OH is 1. The number of carbonyl (C=O) groups is 1. The van der Waals surface area contributed by atoms with Crippen LogP contribution in [0.5, 0.6) is 0 Å². The summed E-state index contributed by atoms with van der Waals surface area (Å²) in [4.78, 5) is 14.5. The van der Waals surface area contributed by atoms with Crippen LogP contribution in [0, 0.1) is 23.6 Å². The zero-order valence-corrected chi connectivity index (χ0v) is 12.4. The lowest BCUT2D eigenvalue weighted by Gasteiger charge is -2.27. The van der Waals surface area contributed by atoms with Gasteiger partial charge in [-0.1, -0.05) is 11.8 Å². The molecule has 0 unspecified atom stereocenters. The Morgan fingerprint density at radius 2 is 2.19 bits per heavy atom. The van der Waals surface area contributed by atoms with Gasteiger partial charge in [0.25, 0.3) is 5.91 Å². The van der Waals surface area contributed by atoms with Gasteiger partial charge < -0.3 is 10.0 Å². The Balaban J connectivity index is 2.32. The summed E-state index contributed by atoms with van der Waals surface area (Å²) < 4.78 is 13.5. The van der Waals surface area contributed by atoms with Crippen LogP contribution >= 0.6 is 0 Å². The Kier molecular flexibility index (Phi) is 4.98. The number of benzene rings is 1. The minimum absolute atomic E-state index is 0.0556. The Morgan fingerprint density at radius 1 is 1.48 bits per heavy atom. The van der Waals surface area contributed by atoms with Crippen LogP contribution in [-0.2, 0) is 0 Å². The van der Waals surface area contributed by atoms with Gasteiger partial charge in [-0.3, -0.25) is 4.79 Å². The molecule has 1 aliphatic rings. The van der Waals surface area contributed by atoms with Crippen molar-refractivity contribution in [3.05, 3.63) is 35.1 Å². The summed E-state index contributed by atoms with van der Waals surface area (Å²) in [6.07, 6.45) is 2.30. The summed E-state index contributed by atoms with van der Waals surface area (Å²) in [7, 11) is 0. The van der Waals surface area contributed by atoms with Crippen molar-refractivity contribution in [3.8, 4) is 11.8 Å². The number of carbonyl (C=O) groups excluding carboxylic acids is 1. The van der Waals surface area contributed by atoms with Gasteiger partial charge in [-0.2, -0.15) is 0 Å². The van der Waals surface area contributed by atoms with Gasteiger partial charge in [-0.05, 0) is 50.8 Å². The van der Waals surface area contributed by atoms with Gasteiger partial charge in [0.15, 0.2) is 0 Å². The Labute approximate surface area is 124 Å². The zero-order valence-electron chi connectivity index (χ0n) is 12.4. The molecule has 21 heavy (non-hydrogen) atoms. The molecule has 112 valence electrons. The summed E-state index contributed by atoms with van der Waals surface area (Å²) in [6, 6.07) is 4.05. The van der Waals surface area contributed by atoms with E-state index in [1.807, 2.05) is 13.8 Å². The van der Waals surface area contributed by atoms with E-state index in [0.717, 1.165) is 12.8 Å². The Hall–Kier alpha value is -1.86. The van der Waals surface area contributed by atoms with Crippen LogP contribution in [0.15, 0.2) is 18.2 Å². The molecule has 0 atom stereocenters. The van der Waals surface area contributed by atoms with Crippen LogP contribution in [0.4, 0.5) is 4.39 Å². The van der Waals surface area contributed by atoms with Gasteiger partial charge in [0.2, 0.25) is 0 Å². The second-order valence-corrected chi connectivity index (χ2v) is 5.64. The van der Waals surface area contributed by atoms with Gasteiger partial charge in [0, 0.05) is 18.2 Å². The van der Waals surface area contributed by atoms with Crippen LogP contribution < -0.4 is 0 Å². The highest BCUT2D eigenvalue weighted by molar-refractivity contribution is 5.97. The lowest BCUT2D eigenvalue weighted by atomic mass is 10.0. The number of amides is 1. The average molecular weight is 289 g/mol.